The quantitative estimate of drug-likeness (QED) is 0.576. The van der Waals surface area contributed by atoms with Crippen molar-refractivity contribution in [3.8, 4) is 0 Å². The van der Waals surface area contributed by atoms with E-state index in [1.165, 1.54) is 25.7 Å². The molecule has 0 radical (unpaired) electrons. The first-order valence-electron chi connectivity index (χ1n) is 4.34. The van der Waals surface area contributed by atoms with E-state index >= 15 is 0 Å². The maximum absolute atomic E-state index is 3.74. The summed E-state index contributed by atoms with van der Waals surface area (Å²) in [6.45, 7) is 3.74. The summed E-state index contributed by atoms with van der Waals surface area (Å²) >= 11 is 2.21. The number of hydrogen-bond acceptors (Lipinski definition) is 1. The first-order chi connectivity index (χ1) is 5.38. The maximum Gasteiger partial charge on any atom is 0.00876 e. The molecule has 2 heterocycles. The largest absolute Gasteiger partial charge is 0.154 e. The molecule has 2 unspecified atom stereocenters. The van der Waals surface area contributed by atoms with Gasteiger partial charge in [0.05, 0.1) is 0 Å². The lowest BCUT2D eigenvalue weighted by molar-refractivity contribution is 0.777. The molecular weight excluding hydrogens is 152 g/mol. The smallest absolute Gasteiger partial charge is 0.00876 e. The number of fused-ring (bicyclic) bond motifs is 2. The molecule has 2 rings (SSSR count). The number of thioether (sulfide) groups is 1. The van der Waals surface area contributed by atoms with Crippen LogP contribution in [0.5, 0.6) is 0 Å². The molecule has 2 atom stereocenters. The van der Waals surface area contributed by atoms with Crippen LogP contribution in [0.2, 0.25) is 0 Å². The molecule has 1 heteroatoms. The summed E-state index contributed by atoms with van der Waals surface area (Å²) in [5.41, 5.74) is 1.63. The number of allylic oxidation sites excluding steroid dienone is 3. The van der Waals surface area contributed by atoms with Gasteiger partial charge in [0.25, 0.3) is 0 Å². The normalized spacial score (nSPS) is 35.5. The fraction of sp³-hybridized carbons (Fsp3) is 0.600. The second-order valence-electron chi connectivity index (χ2n) is 3.43. The van der Waals surface area contributed by atoms with E-state index in [1.54, 1.807) is 5.57 Å². The fourth-order valence-corrected chi connectivity index (χ4v) is 3.76. The van der Waals surface area contributed by atoms with Gasteiger partial charge in [0.1, 0.15) is 0 Å². The monoisotopic (exact) mass is 166 g/mol. The first-order valence-corrected chi connectivity index (χ1v) is 5.28. The van der Waals surface area contributed by atoms with Crippen LogP contribution in [0.1, 0.15) is 25.7 Å². The number of rotatable bonds is 1. The van der Waals surface area contributed by atoms with E-state index < -0.39 is 0 Å². The standard InChI is InChI=1S/C10H14S/c1-2-3-8-6-9-4-5-10(7-8)11-9/h2-3,9-10H,1,4-7H2. The minimum absolute atomic E-state index is 0.944. The zero-order valence-electron chi connectivity index (χ0n) is 6.75. The van der Waals surface area contributed by atoms with Gasteiger partial charge in [-0.1, -0.05) is 24.3 Å². The SMILES string of the molecule is C=CC=C1CC2CCC(C1)S2. The highest BCUT2D eigenvalue weighted by Crippen LogP contribution is 2.45. The van der Waals surface area contributed by atoms with Crippen molar-refractivity contribution >= 4 is 11.8 Å². The lowest BCUT2D eigenvalue weighted by Crippen LogP contribution is -2.08. The zero-order valence-corrected chi connectivity index (χ0v) is 7.57. The van der Waals surface area contributed by atoms with Crippen LogP contribution in [-0.2, 0) is 0 Å². The average molecular weight is 166 g/mol. The molecular formula is C10H14S. The van der Waals surface area contributed by atoms with Gasteiger partial charge < -0.3 is 0 Å². The summed E-state index contributed by atoms with van der Waals surface area (Å²) in [7, 11) is 0. The molecule has 2 aliphatic heterocycles. The average Bonchev–Trinajstić information content (AvgIpc) is 2.32. The molecule has 0 aromatic rings. The molecule has 0 spiro atoms. The van der Waals surface area contributed by atoms with E-state index in [4.69, 9.17) is 0 Å². The van der Waals surface area contributed by atoms with Gasteiger partial charge in [0.15, 0.2) is 0 Å². The van der Waals surface area contributed by atoms with E-state index in [1.807, 2.05) is 6.08 Å². The molecule has 0 aliphatic carbocycles. The minimum Gasteiger partial charge on any atom is -0.154 e. The topological polar surface area (TPSA) is 0 Å². The van der Waals surface area contributed by atoms with E-state index in [2.05, 4.69) is 24.4 Å². The Bertz CT molecular complexity index is 179. The van der Waals surface area contributed by atoms with Gasteiger partial charge in [0.2, 0.25) is 0 Å². The molecule has 0 N–H and O–H groups in total. The minimum atomic E-state index is 0.944. The zero-order chi connectivity index (χ0) is 7.68. The van der Waals surface area contributed by atoms with Crippen LogP contribution < -0.4 is 0 Å². The van der Waals surface area contributed by atoms with Crippen molar-refractivity contribution in [3.05, 3.63) is 24.3 Å². The first kappa shape index (κ1) is 7.48. The Morgan fingerprint density at radius 3 is 2.45 bits per heavy atom. The summed E-state index contributed by atoms with van der Waals surface area (Å²) in [5, 5.41) is 1.89. The fourth-order valence-electron chi connectivity index (χ4n) is 2.05. The van der Waals surface area contributed by atoms with Crippen molar-refractivity contribution < 1.29 is 0 Å². The van der Waals surface area contributed by atoms with Crippen molar-refractivity contribution in [2.24, 2.45) is 0 Å². The predicted octanol–water partition coefficient (Wildman–Crippen LogP) is 3.16. The van der Waals surface area contributed by atoms with Crippen LogP contribution in [0.3, 0.4) is 0 Å². The molecule has 0 nitrogen and oxygen atoms in total. The van der Waals surface area contributed by atoms with Gasteiger partial charge in [-0.3, -0.25) is 0 Å². The summed E-state index contributed by atoms with van der Waals surface area (Å²) in [5.74, 6) is 0. The second-order valence-corrected chi connectivity index (χ2v) is 5.03. The van der Waals surface area contributed by atoms with Crippen LogP contribution in [-0.4, -0.2) is 10.5 Å². The van der Waals surface area contributed by atoms with Crippen molar-refractivity contribution in [2.45, 2.75) is 36.2 Å². The van der Waals surface area contributed by atoms with E-state index in [-0.39, 0.29) is 0 Å². The highest BCUT2D eigenvalue weighted by molar-refractivity contribution is 8.00. The number of hydrogen-bond donors (Lipinski definition) is 0. The van der Waals surface area contributed by atoms with Crippen molar-refractivity contribution in [1.82, 2.24) is 0 Å². The van der Waals surface area contributed by atoms with Crippen LogP contribution in [0, 0.1) is 0 Å². The Morgan fingerprint density at radius 2 is 1.91 bits per heavy atom. The molecule has 2 bridgehead atoms. The maximum atomic E-state index is 3.74. The van der Waals surface area contributed by atoms with Crippen LogP contribution in [0.4, 0.5) is 0 Å². The molecule has 2 aliphatic rings. The predicted molar refractivity (Wildman–Crippen MR) is 51.9 cm³/mol. The van der Waals surface area contributed by atoms with Crippen LogP contribution >= 0.6 is 11.8 Å². The van der Waals surface area contributed by atoms with Crippen LogP contribution in [0.25, 0.3) is 0 Å². The van der Waals surface area contributed by atoms with Gasteiger partial charge in [-0.05, 0) is 25.7 Å². The molecule has 0 aromatic heterocycles. The third-order valence-corrected chi connectivity index (χ3v) is 4.10. The molecule has 2 fully saturated rings. The van der Waals surface area contributed by atoms with Gasteiger partial charge in [0, 0.05) is 10.5 Å². The third-order valence-electron chi connectivity index (χ3n) is 2.53. The van der Waals surface area contributed by atoms with E-state index in [0.717, 1.165) is 10.5 Å². The Morgan fingerprint density at radius 1 is 1.27 bits per heavy atom. The Labute approximate surface area is 72.8 Å². The van der Waals surface area contributed by atoms with Crippen molar-refractivity contribution in [3.63, 3.8) is 0 Å². The highest BCUT2D eigenvalue weighted by Gasteiger charge is 2.31. The molecule has 0 aromatic carbocycles. The summed E-state index contributed by atoms with van der Waals surface area (Å²) in [4.78, 5) is 0. The molecule has 11 heavy (non-hydrogen) atoms. The lowest BCUT2D eigenvalue weighted by Gasteiger charge is -2.20. The molecule has 0 amide bonds. The summed E-state index contributed by atoms with van der Waals surface area (Å²) < 4.78 is 0. The van der Waals surface area contributed by atoms with Gasteiger partial charge in [-0.15, -0.1) is 0 Å². The third kappa shape index (κ3) is 1.53. The second kappa shape index (κ2) is 3.06. The van der Waals surface area contributed by atoms with Gasteiger partial charge in [-0.25, -0.2) is 0 Å². The van der Waals surface area contributed by atoms with Gasteiger partial charge in [-0.2, -0.15) is 11.8 Å². The summed E-state index contributed by atoms with van der Waals surface area (Å²) in [6, 6.07) is 0. The Kier molecular flexibility index (Phi) is 2.08. The highest BCUT2D eigenvalue weighted by atomic mass is 32.2. The Balaban J connectivity index is 2.07. The van der Waals surface area contributed by atoms with E-state index in [0.29, 0.717) is 0 Å². The molecule has 2 saturated heterocycles. The Hall–Kier alpha value is -0.170. The molecule has 0 saturated carbocycles. The van der Waals surface area contributed by atoms with Crippen molar-refractivity contribution in [2.75, 3.05) is 0 Å². The molecule has 60 valence electrons. The van der Waals surface area contributed by atoms with E-state index in [9.17, 15) is 0 Å². The van der Waals surface area contributed by atoms with Crippen molar-refractivity contribution in [1.29, 1.82) is 0 Å². The summed E-state index contributed by atoms with van der Waals surface area (Å²) in [6.07, 6.45) is 9.70. The van der Waals surface area contributed by atoms with Crippen LogP contribution in [0.15, 0.2) is 24.3 Å². The lowest BCUT2D eigenvalue weighted by atomic mass is 10.1. The van der Waals surface area contributed by atoms with Gasteiger partial charge >= 0.3 is 0 Å².